The number of nitrogens with zero attached hydrogens (tertiary/aromatic N) is 2. The van der Waals surface area contributed by atoms with Crippen LogP contribution >= 0.6 is 11.6 Å². The third-order valence-corrected chi connectivity index (χ3v) is 7.32. The van der Waals surface area contributed by atoms with Gasteiger partial charge >= 0.3 is 0 Å². The molecule has 7 rings (SSSR count). The molecule has 0 atom stereocenters. The third-order valence-electron chi connectivity index (χ3n) is 7.08. The maximum Gasteiger partial charge on any atom is 0.148 e. The zero-order chi connectivity index (χ0) is 27.1. The Morgan fingerprint density at radius 2 is 1.30 bits per heavy atom. The molecule has 0 spiro atoms. The smallest absolute Gasteiger partial charge is 0.148 e. The van der Waals surface area contributed by atoms with Crippen molar-refractivity contribution in [1.82, 2.24) is 14.5 Å². The van der Waals surface area contributed by atoms with E-state index in [4.69, 9.17) is 16.6 Å². The number of benzene rings is 5. The molecule has 192 valence electrons. The van der Waals surface area contributed by atoms with Gasteiger partial charge in [-0.05, 0) is 42.0 Å². The molecule has 0 saturated heterocycles. The minimum Gasteiger partial charge on any atom is -0.354 e. The van der Waals surface area contributed by atoms with Gasteiger partial charge in [0.1, 0.15) is 11.6 Å². The van der Waals surface area contributed by atoms with Crippen LogP contribution in [0.5, 0.6) is 0 Å². The molecule has 0 aliphatic carbocycles. The topological polar surface area (TPSA) is 33.6 Å². The molecule has 40 heavy (non-hydrogen) atoms. The highest BCUT2D eigenvalue weighted by atomic mass is 35.5. The molecular weight excluding hydrogens is 517 g/mol. The highest BCUT2D eigenvalue weighted by molar-refractivity contribution is 6.30. The van der Waals surface area contributed by atoms with E-state index in [1.807, 2.05) is 91.0 Å². The number of hydrogen-bond donors (Lipinski definition) is 1. The van der Waals surface area contributed by atoms with E-state index in [1.165, 1.54) is 6.07 Å². The van der Waals surface area contributed by atoms with Gasteiger partial charge < -0.3 is 4.98 Å². The molecule has 2 aromatic heterocycles. The maximum absolute atomic E-state index is 14.8. The molecule has 7 aromatic rings. The van der Waals surface area contributed by atoms with Crippen LogP contribution in [0.2, 0.25) is 5.02 Å². The average Bonchev–Trinajstić information content (AvgIpc) is 3.57. The summed E-state index contributed by atoms with van der Waals surface area (Å²) in [5.41, 5.74) is 8.11. The molecule has 0 fully saturated rings. The molecule has 0 amide bonds. The Labute approximate surface area is 236 Å². The standard InChI is InChI=1S/C35H23ClFN3/c36-26-17-10-18-28(21-26)40-34(25-15-8-3-9-16-25)33(24-13-6-2-7-14-24)39-35(40)31-29-22-27(37)19-20-30(29)38-32(31)23-11-4-1-5-12-23/h1-22,38H. The first-order valence-corrected chi connectivity index (χ1v) is 13.4. The van der Waals surface area contributed by atoms with Crippen LogP contribution in [0.1, 0.15) is 0 Å². The Hall–Kier alpha value is -4.93. The van der Waals surface area contributed by atoms with Gasteiger partial charge in [0.2, 0.25) is 0 Å². The van der Waals surface area contributed by atoms with Gasteiger partial charge in [-0.15, -0.1) is 0 Å². The normalized spacial score (nSPS) is 11.2. The van der Waals surface area contributed by atoms with Crippen molar-refractivity contribution in [2.24, 2.45) is 0 Å². The van der Waals surface area contributed by atoms with Crippen LogP contribution in [0.3, 0.4) is 0 Å². The molecule has 5 aromatic carbocycles. The van der Waals surface area contributed by atoms with E-state index in [2.05, 4.69) is 33.8 Å². The van der Waals surface area contributed by atoms with Crippen molar-refractivity contribution in [2.45, 2.75) is 0 Å². The highest BCUT2D eigenvalue weighted by Crippen LogP contribution is 2.44. The van der Waals surface area contributed by atoms with Crippen molar-refractivity contribution < 1.29 is 4.39 Å². The summed E-state index contributed by atoms with van der Waals surface area (Å²) in [5.74, 6) is 0.385. The summed E-state index contributed by atoms with van der Waals surface area (Å²) in [5, 5.41) is 1.37. The third kappa shape index (κ3) is 4.19. The van der Waals surface area contributed by atoms with Crippen LogP contribution in [0, 0.1) is 5.82 Å². The summed E-state index contributed by atoms with van der Waals surface area (Å²) in [6.45, 7) is 0. The lowest BCUT2D eigenvalue weighted by Gasteiger charge is -2.15. The summed E-state index contributed by atoms with van der Waals surface area (Å²) in [6.07, 6.45) is 0. The summed E-state index contributed by atoms with van der Waals surface area (Å²) < 4.78 is 16.9. The molecule has 2 heterocycles. The van der Waals surface area contributed by atoms with Crippen LogP contribution in [-0.2, 0) is 0 Å². The van der Waals surface area contributed by atoms with Gasteiger partial charge in [0.05, 0.1) is 22.6 Å². The lowest BCUT2D eigenvalue weighted by atomic mass is 10.0. The Bertz CT molecular complexity index is 1960. The van der Waals surface area contributed by atoms with Crippen LogP contribution in [0.25, 0.3) is 61.8 Å². The quantitative estimate of drug-likeness (QED) is 0.232. The zero-order valence-electron chi connectivity index (χ0n) is 21.4. The van der Waals surface area contributed by atoms with Crippen LogP contribution in [0.4, 0.5) is 4.39 Å². The molecule has 0 unspecified atom stereocenters. The number of hydrogen-bond acceptors (Lipinski definition) is 1. The van der Waals surface area contributed by atoms with Crippen molar-refractivity contribution in [3.05, 3.63) is 144 Å². The van der Waals surface area contributed by atoms with E-state index in [0.717, 1.165) is 55.9 Å². The van der Waals surface area contributed by atoms with E-state index < -0.39 is 0 Å². The second-order valence-electron chi connectivity index (χ2n) is 9.61. The first-order chi connectivity index (χ1) is 19.7. The molecule has 3 nitrogen and oxygen atoms in total. The molecule has 0 radical (unpaired) electrons. The number of H-pyrrole nitrogens is 1. The van der Waals surface area contributed by atoms with E-state index >= 15 is 0 Å². The van der Waals surface area contributed by atoms with Gasteiger partial charge in [0.15, 0.2) is 0 Å². The molecule has 5 heteroatoms. The Morgan fingerprint density at radius 3 is 1.98 bits per heavy atom. The lowest BCUT2D eigenvalue weighted by Crippen LogP contribution is -2.01. The summed E-state index contributed by atoms with van der Waals surface area (Å²) in [4.78, 5) is 8.91. The Balaban J connectivity index is 1.66. The second-order valence-corrected chi connectivity index (χ2v) is 10.0. The number of halogens is 2. The number of aromatic amines is 1. The van der Waals surface area contributed by atoms with Crippen molar-refractivity contribution in [1.29, 1.82) is 0 Å². The molecule has 0 bridgehead atoms. The maximum atomic E-state index is 14.8. The average molecular weight is 540 g/mol. The minimum absolute atomic E-state index is 0.306. The monoisotopic (exact) mass is 539 g/mol. The molecule has 0 aliphatic rings. The van der Waals surface area contributed by atoms with E-state index in [1.54, 1.807) is 12.1 Å². The van der Waals surface area contributed by atoms with E-state index in [9.17, 15) is 4.39 Å². The van der Waals surface area contributed by atoms with Crippen LogP contribution in [-0.4, -0.2) is 14.5 Å². The number of aromatic nitrogens is 3. The molecule has 1 N–H and O–H groups in total. The molecule has 0 saturated carbocycles. The molecule has 0 aliphatic heterocycles. The Kier molecular flexibility index (Phi) is 6.03. The van der Waals surface area contributed by atoms with E-state index in [-0.39, 0.29) is 5.82 Å². The number of nitrogens with one attached hydrogen (secondary N) is 1. The largest absolute Gasteiger partial charge is 0.354 e. The first kappa shape index (κ1) is 24.1. The predicted octanol–water partition coefficient (Wildman–Crippen LogP) is 9.81. The van der Waals surface area contributed by atoms with Gasteiger partial charge in [-0.25, -0.2) is 9.37 Å². The van der Waals surface area contributed by atoms with Crippen molar-refractivity contribution in [3.8, 4) is 50.8 Å². The fourth-order valence-corrected chi connectivity index (χ4v) is 5.52. The van der Waals surface area contributed by atoms with Gasteiger partial charge in [-0.1, -0.05) is 109 Å². The number of imidazole rings is 1. The summed E-state index contributed by atoms with van der Waals surface area (Å²) in [6, 6.07) is 43.0. The van der Waals surface area contributed by atoms with Crippen molar-refractivity contribution in [3.63, 3.8) is 0 Å². The summed E-state index contributed by atoms with van der Waals surface area (Å²) >= 11 is 6.55. The van der Waals surface area contributed by atoms with Crippen molar-refractivity contribution in [2.75, 3.05) is 0 Å². The zero-order valence-corrected chi connectivity index (χ0v) is 22.1. The number of fused-ring (bicyclic) bond motifs is 1. The SMILES string of the molecule is Fc1ccc2[nH]c(-c3ccccc3)c(-c3nc(-c4ccccc4)c(-c4ccccc4)n3-c3cccc(Cl)c3)c2c1. The first-order valence-electron chi connectivity index (χ1n) is 13.0. The summed E-state index contributed by atoms with van der Waals surface area (Å²) in [7, 11) is 0. The van der Waals surface area contributed by atoms with Gasteiger partial charge in [-0.2, -0.15) is 0 Å². The van der Waals surface area contributed by atoms with Crippen LogP contribution in [0.15, 0.2) is 133 Å². The van der Waals surface area contributed by atoms with Gasteiger partial charge in [-0.3, -0.25) is 4.57 Å². The number of rotatable bonds is 5. The van der Waals surface area contributed by atoms with Gasteiger partial charge in [0.25, 0.3) is 0 Å². The second kappa shape index (κ2) is 9.99. The minimum atomic E-state index is -0.306. The lowest BCUT2D eigenvalue weighted by molar-refractivity contribution is 0.630. The fourth-order valence-electron chi connectivity index (χ4n) is 5.33. The predicted molar refractivity (Wildman–Crippen MR) is 162 cm³/mol. The van der Waals surface area contributed by atoms with E-state index in [0.29, 0.717) is 10.8 Å². The fraction of sp³-hybridized carbons (Fsp3) is 0. The Morgan fingerprint density at radius 1 is 0.650 bits per heavy atom. The highest BCUT2D eigenvalue weighted by Gasteiger charge is 2.27. The van der Waals surface area contributed by atoms with Gasteiger partial charge in [0, 0.05) is 32.7 Å². The molecular formula is C35H23ClFN3. The van der Waals surface area contributed by atoms with Crippen LogP contribution < -0.4 is 0 Å². The van der Waals surface area contributed by atoms with Crippen molar-refractivity contribution >= 4 is 22.5 Å².